The molecule has 6 rings (SSSR count). The molecule has 0 aromatic heterocycles. The minimum atomic E-state index is 0.434. The van der Waals surface area contributed by atoms with Crippen LogP contribution >= 0.6 is 0 Å². The highest BCUT2D eigenvalue weighted by molar-refractivity contribution is 5.55. The van der Waals surface area contributed by atoms with E-state index in [0.29, 0.717) is 5.41 Å². The summed E-state index contributed by atoms with van der Waals surface area (Å²) in [6.07, 6.45) is 12.8. The van der Waals surface area contributed by atoms with Crippen molar-refractivity contribution in [2.24, 2.45) is 11.8 Å². The van der Waals surface area contributed by atoms with Crippen LogP contribution in [-0.4, -0.2) is 38.2 Å². The lowest BCUT2D eigenvalue weighted by atomic mass is 9.52. The number of ether oxygens (including phenoxy) is 1. The van der Waals surface area contributed by atoms with E-state index in [9.17, 15) is 0 Å². The van der Waals surface area contributed by atoms with Crippen LogP contribution in [0.1, 0.15) is 68.1 Å². The van der Waals surface area contributed by atoms with Gasteiger partial charge in [0.25, 0.3) is 0 Å². The molecule has 1 aliphatic heterocycles. The summed E-state index contributed by atoms with van der Waals surface area (Å²) in [5, 5.41) is 0. The van der Waals surface area contributed by atoms with E-state index in [1.54, 1.807) is 18.2 Å². The molecular weight excluding hydrogens is 404 g/mol. The van der Waals surface area contributed by atoms with Crippen LogP contribution < -0.4 is 9.64 Å². The fraction of sp³-hybridized carbons (Fsp3) is 0.600. The van der Waals surface area contributed by atoms with Gasteiger partial charge in [0, 0.05) is 37.3 Å². The molecule has 2 bridgehead atoms. The second kappa shape index (κ2) is 8.65. The Morgan fingerprint density at radius 2 is 1.85 bits per heavy atom. The molecule has 3 fully saturated rings. The number of anilines is 1. The first-order valence-electron chi connectivity index (χ1n) is 13.4. The van der Waals surface area contributed by atoms with Crippen molar-refractivity contribution >= 4 is 5.69 Å². The highest BCUT2D eigenvalue weighted by atomic mass is 16.5. The lowest BCUT2D eigenvalue weighted by Crippen LogP contribution is -2.61. The summed E-state index contributed by atoms with van der Waals surface area (Å²) in [4.78, 5) is 5.36. The fourth-order valence-corrected chi connectivity index (χ4v) is 7.64. The molecule has 3 atom stereocenters. The predicted molar refractivity (Wildman–Crippen MR) is 136 cm³/mol. The van der Waals surface area contributed by atoms with Crippen LogP contribution in [0.3, 0.4) is 0 Å². The number of rotatable bonds is 6. The Bertz CT molecular complexity index is 981. The molecule has 176 valence electrons. The molecule has 4 aliphatic rings. The van der Waals surface area contributed by atoms with E-state index in [4.69, 9.17) is 4.74 Å². The van der Waals surface area contributed by atoms with E-state index in [2.05, 4.69) is 59.3 Å². The Hall–Kier alpha value is -2.00. The van der Waals surface area contributed by atoms with Crippen LogP contribution in [0.5, 0.6) is 5.75 Å². The van der Waals surface area contributed by atoms with Crippen molar-refractivity contribution in [3.63, 3.8) is 0 Å². The van der Waals surface area contributed by atoms with Gasteiger partial charge in [-0.3, -0.25) is 4.90 Å². The number of piperidine rings is 1. The zero-order valence-corrected chi connectivity index (χ0v) is 20.6. The number of methoxy groups -OCH3 is 1. The van der Waals surface area contributed by atoms with E-state index in [0.717, 1.165) is 30.2 Å². The smallest absolute Gasteiger partial charge is 0.118 e. The summed E-state index contributed by atoms with van der Waals surface area (Å²) in [6, 6.07) is 16.8. The molecule has 0 amide bonds. The van der Waals surface area contributed by atoms with Gasteiger partial charge in [-0.05, 0) is 97.9 Å². The van der Waals surface area contributed by atoms with Gasteiger partial charge in [0.1, 0.15) is 5.75 Å². The maximum atomic E-state index is 5.33. The minimum absolute atomic E-state index is 0.434. The van der Waals surface area contributed by atoms with Gasteiger partial charge < -0.3 is 9.64 Å². The standard InChI is InChI=1S/C30H40N2O/c1-31(20-23-9-13-26(33-2)14-10-23)25-12-11-24-18-29-27-8-3-4-15-30(27,28(24)19-25)16-17-32(29)21-22-6-5-7-22/h9-14,19,22,27,29H,3-8,15-18,20-21H2,1-2H3/t27-,29+,30+/m0/s1. The molecule has 3 aliphatic carbocycles. The van der Waals surface area contributed by atoms with Gasteiger partial charge in [-0.2, -0.15) is 0 Å². The first-order chi connectivity index (χ1) is 16.2. The third-order valence-electron chi connectivity index (χ3n) is 9.67. The van der Waals surface area contributed by atoms with Crippen molar-refractivity contribution in [2.75, 3.05) is 32.1 Å². The minimum Gasteiger partial charge on any atom is -0.497 e. The van der Waals surface area contributed by atoms with Crippen molar-refractivity contribution in [1.82, 2.24) is 4.90 Å². The Balaban J connectivity index is 1.28. The van der Waals surface area contributed by atoms with E-state index in [-0.39, 0.29) is 0 Å². The van der Waals surface area contributed by atoms with E-state index in [1.165, 1.54) is 82.1 Å². The lowest BCUT2D eigenvalue weighted by molar-refractivity contribution is -0.0239. The van der Waals surface area contributed by atoms with Crippen LogP contribution in [0, 0.1) is 11.8 Å². The Kier molecular flexibility index (Phi) is 5.64. The molecular formula is C30H40N2O. The Labute approximate surface area is 200 Å². The summed E-state index contributed by atoms with van der Waals surface area (Å²) < 4.78 is 5.33. The van der Waals surface area contributed by atoms with Crippen LogP contribution in [0.15, 0.2) is 42.5 Å². The maximum Gasteiger partial charge on any atom is 0.118 e. The number of hydrogen-bond acceptors (Lipinski definition) is 3. The predicted octanol–water partition coefficient (Wildman–Crippen LogP) is 6.19. The quantitative estimate of drug-likeness (QED) is 0.528. The van der Waals surface area contributed by atoms with Crippen molar-refractivity contribution in [2.45, 2.75) is 75.8 Å². The van der Waals surface area contributed by atoms with Gasteiger partial charge in [-0.1, -0.05) is 37.5 Å². The van der Waals surface area contributed by atoms with Crippen LogP contribution in [-0.2, 0) is 18.4 Å². The number of nitrogens with zero attached hydrogens (tertiary/aromatic N) is 2. The molecule has 2 saturated carbocycles. The van der Waals surface area contributed by atoms with Crippen molar-refractivity contribution in [3.05, 3.63) is 59.2 Å². The van der Waals surface area contributed by atoms with Crippen LogP contribution in [0.4, 0.5) is 5.69 Å². The van der Waals surface area contributed by atoms with Gasteiger partial charge in [0.05, 0.1) is 7.11 Å². The molecule has 0 radical (unpaired) electrons. The summed E-state index contributed by atoms with van der Waals surface area (Å²) >= 11 is 0. The van der Waals surface area contributed by atoms with E-state index >= 15 is 0 Å². The molecule has 3 heteroatoms. The average molecular weight is 445 g/mol. The number of hydrogen-bond donors (Lipinski definition) is 0. The largest absolute Gasteiger partial charge is 0.497 e. The maximum absolute atomic E-state index is 5.33. The second-order valence-corrected chi connectivity index (χ2v) is 11.4. The second-order valence-electron chi connectivity index (χ2n) is 11.4. The third-order valence-corrected chi connectivity index (χ3v) is 9.67. The van der Waals surface area contributed by atoms with Gasteiger partial charge in [0.2, 0.25) is 0 Å². The average Bonchev–Trinajstić information content (AvgIpc) is 2.82. The van der Waals surface area contributed by atoms with Gasteiger partial charge in [-0.15, -0.1) is 0 Å². The van der Waals surface area contributed by atoms with Gasteiger partial charge >= 0.3 is 0 Å². The SMILES string of the molecule is COc1ccc(CN(C)c2ccc3c(c2)[C@@]24CCCC[C@H]2[C@@H](C3)N(CC2CCC2)CC4)cc1. The Morgan fingerprint density at radius 1 is 1.00 bits per heavy atom. The molecule has 3 nitrogen and oxygen atoms in total. The summed E-state index contributed by atoms with van der Waals surface area (Å²) in [5.74, 6) is 2.78. The summed E-state index contributed by atoms with van der Waals surface area (Å²) in [6.45, 7) is 3.62. The number of fused-ring (bicyclic) bond motifs is 1. The van der Waals surface area contributed by atoms with Gasteiger partial charge in [0.15, 0.2) is 0 Å². The third kappa shape index (κ3) is 3.77. The molecule has 33 heavy (non-hydrogen) atoms. The number of likely N-dealkylation sites (tertiary alicyclic amines) is 1. The van der Waals surface area contributed by atoms with Crippen molar-refractivity contribution in [1.29, 1.82) is 0 Å². The molecule has 2 aromatic rings. The monoisotopic (exact) mass is 444 g/mol. The number of benzene rings is 2. The van der Waals surface area contributed by atoms with E-state index < -0.39 is 0 Å². The van der Waals surface area contributed by atoms with Crippen LogP contribution in [0.2, 0.25) is 0 Å². The fourth-order valence-electron chi connectivity index (χ4n) is 7.64. The first kappa shape index (κ1) is 21.5. The Morgan fingerprint density at radius 3 is 2.61 bits per heavy atom. The molecule has 2 aromatic carbocycles. The highest BCUT2D eigenvalue weighted by Gasteiger charge is 2.54. The van der Waals surface area contributed by atoms with Crippen molar-refractivity contribution < 1.29 is 4.74 Å². The molecule has 1 saturated heterocycles. The molecule has 0 spiro atoms. The summed E-state index contributed by atoms with van der Waals surface area (Å²) in [7, 11) is 3.98. The molecule has 1 heterocycles. The van der Waals surface area contributed by atoms with E-state index in [1.807, 2.05) is 0 Å². The first-order valence-corrected chi connectivity index (χ1v) is 13.4. The van der Waals surface area contributed by atoms with Crippen LogP contribution in [0.25, 0.3) is 0 Å². The zero-order chi connectivity index (χ0) is 22.4. The van der Waals surface area contributed by atoms with Gasteiger partial charge in [-0.25, -0.2) is 0 Å². The highest BCUT2D eigenvalue weighted by Crippen LogP contribution is 2.56. The van der Waals surface area contributed by atoms with Crippen molar-refractivity contribution in [3.8, 4) is 5.75 Å². The lowest BCUT2D eigenvalue weighted by Gasteiger charge is -2.60. The topological polar surface area (TPSA) is 15.7 Å². The molecule has 0 N–H and O–H groups in total. The zero-order valence-electron chi connectivity index (χ0n) is 20.6. The normalized spacial score (nSPS) is 29.0. The summed E-state index contributed by atoms with van der Waals surface area (Å²) in [5.41, 5.74) is 6.50. The molecule has 0 unspecified atom stereocenters.